The van der Waals surface area contributed by atoms with Gasteiger partial charge in [-0.25, -0.2) is 0 Å². The van der Waals surface area contributed by atoms with Gasteiger partial charge in [0.1, 0.15) is 5.75 Å². The second-order valence-corrected chi connectivity index (χ2v) is 5.88. The monoisotopic (exact) mass is 264 g/mol. The smallest absolute Gasteiger partial charge is 0.120 e. The van der Waals surface area contributed by atoms with Gasteiger partial charge < -0.3 is 14.7 Å². The highest BCUT2D eigenvalue weighted by Crippen LogP contribution is 2.31. The number of aliphatic hydroxyl groups is 1. The van der Waals surface area contributed by atoms with Crippen LogP contribution in [0.5, 0.6) is 5.75 Å². The zero-order valence-corrected chi connectivity index (χ0v) is 12.3. The van der Waals surface area contributed by atoms with Crippen LogP contribution in [0.15, 0.2) is 24.3 Å². The summed E-state index contributed by atoms with van der Waals surface area (Å²) < 4.78 is 5.30. The molecule has 1 aromatic carbocycles. The second-order valence-electron chi connectivity index (χ2n) is 5.88. The summed E-state index contributed by atoms with van der Waals surface area (Å²) >= 11 is 0. The molecule has 1 atom stereocenters. The summed E-state index contributed by atoms with van der Waals surface area (Å²) in [5.74, 6) is 0.868. The first kappa shape index (κ1) is 14.2. The zero-order chi connectivity index (χ0) is 14.0. The van der Waals surface area contributed by atoms with E-state index in [0.717, 1.165) is 24.5 Å². The average Bonchev–Trinajstić information content (AvgIpc) is 2.38. The molecule has 1 N–H and O–H groups in total. The van der Waals surface area contributed by atoms with E-state index in [-0.39, 0.29) is 18.2 Å². The summed E-state index contributed by atoms with van der Waals surface area (Å²) in [5, 5.41) is 9.50. The summed E-state index contributed by atoms with van der Waals surface area (Å²) in [6.07, 6.45) is 0. The molecule has 0 aromatic heterocycles. The molecule has 0 saturated carbocycles. The number of likely N-dealkylation sites (N-methyl/N-ethyl adjacent to an activating group) is 1. The molecular formula is C15H24N2O2. The van der Waals surface area contributed by atoms with Crippen molar-refractivity contribution in [2.75, 3.05) is 38.8 Å². The fourth-order valence-corrected chi connectivity index (χ4v) is 2.85. The first-order valence-corrected chi connectivity index (χ1v) is 6.71. The Morgan fingerprint density at radius 3 is 2.79 bits per heavy atom. The van der Waals surface area contributed by atoms with Gasteiger partial charge in [-0.2, -0.15) is 0 Å². The van der Waals surface area contributed by atoms with Crippen LogP contribution in [0.3, 0.4) is 0 Å². The highest BCUT2D eigenvalue weighted by Gasteiger charge is 2.37. The van der Waals surface area contributed by atoms with Gasteiger partial charge in [0.25, 0.3) is 0 Å². The van der Waals surface area contributed by atoms with E-state index in [2.05, 4.69) is 42.8 Å². The molecule has 0 spiro atoms. The molecule has 0 radical (unpaired) electrons. The number of hydrogen-bond acceptors (Lipinski definition) is 4. The lowest BCUT2D eigenvalue weighted by Crippen LogP contribution is -2.63. The average molecular weight is 264 g/mol. The fourth-order valence-electron chi connectivity index (χ4n) is 2.85. The van der Waals surface area contributed by atoms with Gasteiger partial charge >= 0.3 is 0 Å². The van der Waals surface area contributed by atoms with E-state index >= 15 is 0 Å². The Morgan fingerprint density at radius 1 is 1.42 bits per heavy atom. The maximum Gasteiger partial charge on any atom is 0.120 e. The van der Waals surface area contributed by atoms with Crippen molar-refractivity contribution >= 4 is 5.69 Å². The lowest BCUT2D eigenvalue weighted by Gasteiger charge is -2.51. The molecule has 1 heterocycles. The number of anilines is 1. The molecule has 4 heteroatoms. The molecule has 1 aliphatic heterocycles. The van der Waals surface area contributed by atoms with Crippen molar-refractivity contribution in [1.82, 2.24) is 4.90 Å². The summed E-state index contributed by atoms with van der Waals surface area (Å²) in [4.78, 5) is 4.59. The van der Waals surface area contributed by atoms with Gasteiger partial charge in [0.15, 0.2) is 0 Å². The Balaban J connectivity index is 2.29. The van der Waals surface area contributed by atoms with E-state index < -0.39 is 0 Å². The molecule has 1 aliphatic rings. The Labute approximate surface area is 115 Å². The van der Waals surface area contributed by atoms with Crippen molar-refractivity contribution in [3.05, 3.63) is 24.3 Å². The first-order chi connectivity index (χ1) is 8.97. The van der Waals surface area contributed by atoms with Crippen LogP contribution < -0.4 is 9.64 Å². The number of piperazine rings is 1. The number of hydrogen-bond donors (Lipinski definition) is 1. The predicted octanol–water partition coefficient (Wildman–Crippen LogP) is 1.59. The third-order valence-corrected chi connectivity index (χ3v) is 3.96. The third kappa shape index (κ3) is 2.85. The number of ether oxygens (including phenoxy) is 1. The normalized spacial score (nSPS) is 23.4. The number of rotatable bonds is 3. The molecule has 0 amide bonds. The quantitative estimate of drug-likeness (QED) is 0.899. The van der Waals surface area contributed by atoms with Crippen LogP contribution in [0.2, 0.25) is 0 Å². The highest BCUT2D eigenvalue weighted by atomic mass is 16.5. The summed E-state index contributed by atoms with van der Waals surface area (Å²) in [5.41, 5.74) is 1.18. The van der Waals surface area contributed by atoms with Crippen LogP contribution >= 0.6 is 0 Å². The third-order valence-electron chi connectivity index (χ3n) is 3.96. The minimum atomic E-state index is 0.0345. The molecule has 2 rings (SSSR count). The number of nitrogens with zero attached hydrogens (tertiary/aromatic N) is 2. The molecule has 4 nitrogen and oxygen atoms in total. The van der Waals surface area contributed by atoms with Crippen LogP contribution in [0.1, 0.15) is 13.8 Å². The lowest BCUT2D eigenvalue weighted by atomic mass is 9.95. The maximum absolute atomic E-state index is 9.50. The van der Waals surface area contributed by atoms with E-state index in [0.29, 0.717) is 0 Å². The van der Waals surface area contributed by atoms with Gasteiger partial charge in [-0.3, -0.25) is 4.90 Å². The molecule has 19 heavy (non-hydrogen) atoms. The maximum atomic E-state index is 9.50. The Hall–Kier alpha value is -1.26. The van der Waals surface area contributed by atoms with E-state index in [1.54, 1.807) is 7.11 Å². The molecule has 0 bridgehead atoms. The van der Waals surface area contributed by atoms with Crippen molar-refractivity contribution in [3.63, 3.8) is 0 Å². The largest absolute Gasteiger partial charge is 0.497 e. The van der Waals surface area contributed by atoms with Crippen LogP contribution in [0, 0.1) is 0 Å². The van der Waals surface area contributed by atoms with Gasteiger partial charge in [0.05, 0.1) is 19.8 Å². The van der Waals surface area contributed by atoms with Crippen molar-refractivity contribution < 1.29 is 9.84 Å². The first-order valence-electron chi connectivity index (χ1n) is 6.71. The van der Waals surface area contributed by atoms with E-state index in [1.807, 2.05) is 12.1 Å². The topological polar surface area (TPSA) is 35.9 Å². The fraction of sp³-hybridized carbons (Fsp3) is 0.600. The molecule has 1 fully saturated rings. The van der Waals surface area contributed by atoms with E-state index in [4.69, 9.17) is 4.74 Å². The van der Waals surface area contributed by atoms with Crippen LogP contribution in [-0.4, -0.2) is 55.4 Å². The Kier molecular flexibility index (Phi) is 4.02. The molecular weight excluding hydrogens is 240 g/mol. The zero-order valence-electron chi connectivity index (χ0n) is 12.3. The minimum Gasteiger partial charge on any atom is -0.497 e. The predicted molar refractivity (Wildman–Crippen MR) is 77.9 cm³/mol. The van der Waals surface area contributed by atoms with Gasteiger partial charge in [-0.1, -0.05) is 6.07 Å². The highest BCUT2D eigenvalue weighted by molar-refractivity contribution is 5.53. The van der Waals surface area contributed by atoms with Crippen LogP contribution in [-0.2, 0) is 0 Å². The molecule has 106 valence electrons. The minimum absolute atomic E-state index is 0.0345. The molecule has 1 aromatic rings. The molecule has 1 unspecified atom stereocenters. The summed E-state index contributed by atoms with van der Waals surface area (Å²) in [6.45, 7) is 6.41. The van der Waals surface area contributed by atoms with Crippen molar-refractivity contribution in [1.29, 1.82) is 0 Å². The Morgan fingerprint density at radius 2 is 2.16 bits per heavy atom. The Bertz CT molecular complexity index is 434. The van der Waals surface area contributed by atoms with Crippen LogP contribution in [0.4, 0.5) is 5.69 Å². The van der Waals surface area contributed by atoms with Gasteiger partial charge in [-0.15, -0.1) is 0 Å². The van der Waals surface area contributed by atoms with Crippen molar-refractivity contribution in [2.45, 2.75) is 25.4 Å². The lowest BCUT2D eigenvalue weighted by molar-refractivity contribution is 0.0980. The van der Waals surface area contributed by atoms with E-state index in [1.165, 1.54) is 0 Å². The summed E-state index contributed by atoms with van der Waals surface area (Å²) in [6, 6.07) is 8.30. The molecule has 0 aliphatic carbocycles. The SMILES string of the molecule is COc1cccc(N2CC(CO)N(C)CC2(C)C)c1. The van der Waals surface area contributed by atoms with Crippen LogP contribution in [0.25, 0.3) is 0 Å². The van der Waals surface area contributed by atoms with E-state index in [9.17, 15) is 5.11 Å². The number of benzene rings is 1. The standard InChI is InChI=1S/C15H24N2O2/c1-15(2)11-16(3)13(10-18)9-17(15)12-6-5-7-14(8-12)19-4/h5-8,13,18H,9-11H2,1-4H3. The van der Waals surface area contributed by atoms with Gasteiger partial charge in [-0.05, 0) is 33.0 Å². The van der Waals surface area contributed by atoms with Crippen molar-refractivity contribution in [2.24, 2.45) is 0 Å². The summed E-state index contributed by atoms with van der Waals surface area (Å²) in [7, 11) is 3.76. The van der Waals surface area contributed by atoms with Gasteiger partial charge in [0, 0.05) is 30.4 Å². The van der Waals surface area contributed by atoms with Crippen molar-refractivity contribution in [3.8, 4) is 5.75 Å². The number of methoxy groups -OCH3 is 1. The van der Waals surface area contributed by atoms with Gasteiger partial charge in [0.2, 0.25) is 0 Å². The molecule has 1 saturated heterocycles. The second kappa shape index (κ2) is 5.39. The number of aliphatic hydroxyl groups excluding tert-OH is 1.